The first-order valence-electron chi connectivity index (χ1n) is 4.98. The topological polar surface area (TPSA) is 42.3 Å². The van der Waals surface area contributed by atoms with Gasteiger partial charge in [-0.05, 0) is 6.07 Å². The maximum atomic E-state index is 11.9. The van der Waals surface area contributed by atoms with Crippen LogP contribution in [-0.2, 0) is 7.05 Å². The summed E-state index contributed by atoms with van der Waals surface area (Å²) in [6.07, 6.45) is 1.60. The van der Waals surface area contributed by atoms with E-state index in [1.54, 1.807) is 31.3 Å². The Bertz CT molecular complexity index is 440. The molecule has 1 aromatic heterocycles. The van der Waals surface area contributed by atoms with Gasteiger partial charge in [-0.15, -0.1) is 0 Å². The molecule has 0 bridgehead atoms. The number of pyridine rings is 1. The van der Waals surface area contributed by atoms with Crippen molar-refractivity contribution in [2.45, 2.75) is 11.8 Å². The molecular formula is C11H15BrN2O2. The molecule has 1 heterocycles. The molecule has 1 unspecified atom stereocenters. The van der Waals surface area contributed by atoms with Gasteiger partial charge in [0.05, 0.1) is 0 Å². The summed E-state index contributed by atoms with van der Waals surface area (Å²) in [4.78, 5) is 25.1. The Morgan fingerprint density at radius 3 is 2.75 bits per heavy atom. The minimum atomic E-state index is -0.175. The van der Waals surface area contributed by atoms with Crippen molar-refractivity contribution < 1.29 is 4.79 Å². The minimum absolute atomic E-state index is 0.135. The maximum absolute atomic E-state index is 11.9. The molecule has 5 heteroatoms. The number of aromatic nitrogens is 1. The predicted octanol–water partition coefficient (Wildman–Crippen LogP) is 1.24. The van der Waals surface area contributed by atoms with Crippen LogP contribution in [0.15, 0.2) is 23.1 Å². The largest absolute Gasteiger partial charge is 0.341 e. The van der Waals surface area contributed by atoms with E-state index in [0.29, 0.717) is 12.1 Å². The number of amides is 1. The number of rotatable bonds is 3. The molecule has 0 radical (unpaired) electrons. The third kappa shape index (κ3) is 3.20. The van der Waals surface area contributed by atoms with Gasteiger partial charge in [0, 0.05) is 43.3 Å². The van der Waals surface area contributed by atoms with Crippen molar-refractivity contribution in [1.29, 1.82) is 0 Å². The second-order valence-corrected chi connectivity index (χ2v) is 5.39. The molecule has 0 aliphatic carbocycles. The van der Waals surface area contributed by atoms with Crippen LogP contribution in [0.5, 0.6) is 0 Å². The van der Waals surface area contributed by atoms with Gasteiger partial charge in [0.2, 0.25) is 0 Å². The lowest BCUT2D eigenvalue weighted by Gasteiger charge is -2.18. The Hall–Kier alpha value is -1.10. The molecule has 0 saturated heterocycles. The summed E-state index contributed by atoms with van der Waals surface area (Å²) < 4.78 is 1.43. The van der Waals surface area contributed by atoms with Crippen molar-refractivity contribution in [3.05, 3.63) is 34.2 Å². The summed E-state index contributed by atoms with van der Waals surface area (Å²) in [6.45, 7) is 2.57. The zero-order chi connectivity index (χ0) is 12.3. The van der Waals surface area contributed by atoms with Gasteiger partial charge < -0.3 is 9.47 Å². The van der Waals surface area contributed by atoms with Gasteiger partial charge in [-0.1, -0.05) is 22.9 Å². The van der Waals surface area contributed by atoms with E-state index in [9.17, 15) is 9.59 Å². The van der Waals surface area contributed by atoms with E-state index in [2.05, 4.69) is 15.9 Å². The quantitative estimate of drug-likeness (QED) is 0.785. The van der Waals surface area contributed by atoms with E-state index in [-0.39, 0.29) is 16.3 Å². The number of hydrogen-bond donors (Lipinski definition) is 0. The fraction of sp³-hybridized carbons (Fsp3) is 0.455. The maximum Gasteiger partial charge on any atom is 0.253 e. The minimum Gasteiger partial charge on any atom is -0.341 e. The Morgan fingerprint density at radius 2 is 2.25 bits per heavy atom. The summed E-state index contributed by atoms with van der Waals surface area (Å²) in [5.41, 5.74) is 0.255. The molecule has 0 aromatic carbocycles. The Kier molecular flexibility index (Phi) is 4.29. The molecule has 1 rings (SSSR count). The van der Waals surface area contributed by atoms with Crippen LogP contribution in [0.2, 0.25) is 0 Å². The van der Waals surface area contributed by atoms with Crippen LogP contribution < -0.4 is 5.56 Å². The van der Waals surface area contributed by atoms with E-state index in [4.69, 9.17) is 0 Å². The average Bonchev–Trinajstić information content (AvgIpc) is 2.20. The van der Waals surface area contributed by atoms with Gasteiger partial charge in [-0.25, -0.2) is 0 Å². The van der Waals surface area contributed by atoms with Crippen LogP contribution in [0.25, 0.3) is 0 Å². The van der Waals surface area contributed by atoms with Crippen LogP contribution in [0, 0.1) is 0 Å². The van der Waals surface area contributed by atoms with Crippen LogP contribution in [0.3, 0.4) is 0 Å². The van der Waals surface area contributed by atoms with Gasteiger partial charge in [0.1, 0.15) is 0 Å². The van der Waals surface area contributed by atoms with E-state index in [0.717, 1.165) is 0 Å². The zero-order valence-electron chi connectivity index (χ0n) is 9.61. The highest BCUT2D eigenvalue weighted by Crippen LogP contribution is 2.04. The van der Waals surface area contributed by atoms with E-state index < -0.39 is 0 Å². The lowest BCUT2D eigenvalue weighted by atomic mass is 10.2. The lowest BCUT2D eigenvalue weighted by molar-refractivity contribution is 0.0797. The van der Waals surface area contributed by atoms with Crippen LogP contribution in [0.4, 0.5) is 0 Å². The van der Waals surface area contributed by atoms with E-state index in [1.807, 2.05) is 6.92 Å². The fourth-order valence-corrected chi connectivity index (χ4v) is 1.80. The SMILES string of the molecule is CC(Br)CN(C)C(=O)c1ccn(C)c(=O)c1. The Labute approximate surface area is 103 Å². The highest BCUT2D eigenvalue weighted by Gasteiger charge is 2.13. The van der Waals surface area contributed by atoms with Gasteiger partial charge in [0.25, 0.3) is 11.5 Å². The molecule has 0 spiro atoms. The molecule has 0 aliphatic heterocycles. The third-order valence-electron chi connectivity index (χ3n) is 2.22. The van der Waals surface area contributed by atoms with E-state index >= 15 is 0 Å². The number of carbonyl (C=O) groups excluding carboxylic acids is 1. The molecule has 0 N–H and O–H groups in total. The number of hydrogen-bond acceptors (Lipinski definition) is 2. The van der Waals surface area contributed by atoms with Crippen molar-refractivity contribution in [2.24, 2.45) is 7.05 Å². The van der Waals surface area contributed by atoms with Crippen LogP contribution in [0.1, 0.15) is 17.3 Å². The molecule has 0 aliphatic rings. The van der Waals surface area contributed by atoms with E-state index in [1.165, 1.54) is 10.6 Å². The predicted molar refractivity (Wildman–Crippen MR) is 67.0 cm³/mol. The van der Waals surface area contributed by atoms with Gasteiger partial charge in [-0.2, -0.15) is 0 Å². The highest BCUT2D eigenvalue weighted by atomic mass is 79.9. The second kappa shape index (κ2) is 5.30. The zero-order valence-corrected chi connectivity index (χ0v) is 11.2. The number of halogens is 1. The van der Waals surface area contributed by atoms with Gasteiger partial charge >= 0.3 is 0 Å². The molecule has 0 fully saturated rings. The average molecular weight is 287 g/mol. The van der Waals surface area contributed by atoms with Crippen molar-refractivity contribution in [3.8, 4) is 0 Å². The molecule has 1 amide bonds. The monoisotopic (exact) mass is 286 g/mol. The van der Waals surface area contributed by atoms with Crippen LogP contribution in [-0.4, -0.2) is 33.8 Å². The van der Waals surface area contributed by atoms with Crippen molar-refractivity contribution in [3.63, 3.8) is 0 Å². The lowest BCUT2D eigenvalue weighted by Crippen LogP contribution is -2.32. The molecule has 4 nitrogen and oxygen atoms in total. The number of aryl methyl sites for hydroxylation is 1. The first-order valence-corrected chi connectivity index (χ1v) is 5.89. The third-order valence-corrected chi connectivity index (χ3v) is 2.51. The number of carbonyl (C=O) groups is 1. The summed E-state index contributed by atoms with van der Waals surface area (Å²) in [5, 5.41) is 0. The summed E-state index contributed by atoms with van der Waals surface area (Å²) in [6, 6.07) is 3.01. The number of alkyl halides is 1. The molecule has 1 atom stereocenters. The Morgan fingerprint density at radius 1 is 1.62 bits per heavy atom. The van der Waals surface area contributed by atoms with Crippen molar-refractivity contribution >= 4 is 21.8 Å². The fourth-order valence-electron chi connectivity index (χ4n) is 1.36. The number of nitrogens with zero attached hydrogens (tertiary/aromatic N) is 2. The van der Waals surface area contributed by atoms with Crippen LogP contribution >= 0.6 is 15.9 Å². The highest BCUT2D eigenvalue weighted by molar-refractivity contribution is 9.09. The summed E-state index contributed by atoms with van der Waals surface area (Å²) >= 11 is 3.38. The summed E-state index contributed by atoms with van der Waals surface area (Å²) in [5.74, 6) is -0.135. The molecule has 1 aromatic rings. The van der Waals surface area contributed by atoms with Crippen molar-refractivity contribution in [2.75, 3.05) is 13.6 Å². The second-order valence-electron chi connectivity index (χ2n) is 3.83. The van der Waals surface area contributed by atoms with Crippen molar-refractivity contribution in [1.82, 2.24) is 9.47 Å². The first kappa shape index (κ1) is 13.0. The first-order chi connectivity index (χ1) is 7.41. The standard InChI is InChI=1S/C11H15BrN2O2/c1-8(12)7-14(3)11(16)9-4-5-13(2)10(15)6-9/h4-6,8H,7H2,1-3H3. The smallest absolute Gasteiger partial charge is 0.253 e. The molecular weight excluding hydrogens is 272 g/mol. The summed E-state index contributed by atoms with van der Waals surface area (Å²) in [7, 11) is 3.37. The molecule has 16 heavy (non-hydrogen) atoms. The van der Waals surface area contributed by atoms with Gasteiger partial charge in [0.15, 0.2) is 0 Å². The Balaban J connectivity index is 2.88. The van der Waals surface area contributed by atoms with Gasteiger partial charge in [-0.3, -0.25) is 9.59 Å². The molecule has 88 valence electrons. The molecule has 0 saturated carbocycles. The normalized spacial score (nSPS) is 12.2.